The van der Waals surface area contributed by atoms with Crippen LogP contribution in [0.5, 0.6) is 0 Å². The van der Waals surface area contributed by atoms with Gasteiger partial charge in [-0.25, -0.2) is 9.97 Å². The van der Waals surface area contributed by atoms with Crippen LogP contribution in [0.4, 0.5) is 5.82 Å². The second-order valence-corrected chi connectivity index (χ2v) is 5.43. The van der Waals surface area contributed by atoms with Crippen molar-refractivity contribution in [3.05, 3.63) is 17.6 Å². The quantitative estimate of drug-likeness (QED) is 0.808. The van der Waals surface area contributed by atoms with Crippen LogP contribution in [-0.4, -0.2) is 48.0 Å². The summed E-state index contributed by atoms with van der Waals surface area (Å²) in [4.78, 5) is 24.6. The first-order valence-electron chi connectivity index (χ1n) is 6.75. The van der Waals surface area contributed by atoms with Gasteiger partial charge in [0.05, 0.1) is 5.92 Å². The Kier molecular flexibility index (Phi) is 4.02. The molecule has 1 unspecified atom stereocenters. The molecule has 1 aromatic rings. The number of hydrogen-bond acceptors (Lipinski definition) is 4. The number of anilines is 1. The lowest BCUT2D eigenvalue weighted by Crippen LogP contribution is -2.43. The van der Waals surface area contributed by atoms with Crippen molar-refractivity contribution in [3.8, 4) is 0 Å². The average molecular weight is 262 g/mol. The molecule has 1 amide bonds. The first-order valence-corrected chi connectivity index (χ1v) is 6.75. The fraction of sp³-hybridized carbons (Fsp3) is 0.643. The second kappa shape index (κ2) is 5.55. The maximum atomic E-state index is 12.1. The smallest absolute Gasteiger partial charge is 0.226 e. The second-order valence-electron chi connectivity index (χ2n) is 5.43. The van der Waals surface area contributed by atoms with Crippen molar-refractivity contribution < 1.29 is 4.79 Å². The highest BCUT2D eigenvalue weighted by Gasteiger charge is 2.28. The minimum Gasteiger partial charge on any atom is -0.355 e. The van der Waals surface area contributed by atoms with E-state index < -0.39 is 0 Å². The first kappa shape index (κ1) is 13.8. The van der Waals surface area contributed by atoms with Crippen molar-refractivity contribution in [1.82, 2.24) is 14.9 Å². The molecule has 0 spiro atoms. The molecule has 5 heteroatoms. The first-order chi connectivity index (χ1) is 9.00. The third-order valence-corrected chi connectivity index (χ3v) is 3.82. The molecule has 0 bridgehead atoms. The molecular formula is C14H22N4O. The summed E-state index contributed by atoms with van der Waals surface area (Å²) in [6.07, 6.45) is 3.61. The minimum absolute atomic E-state index is 0.0819. The Morgan fingerprint density at radius 3 is 2.79 bits per heavy atom. The van der Waals surface area contributed by atoms with Gasteiger partial charge in [0.15, 0.2) is 0 Å². The van der Waals surface area contributed by atoms with E-state index in [-0.39, 0.29) is 11.8 Å². The zero-order valence-corrected chi connectivity index (χ0v) is 12.2. The lowest BCUT2D eigenvalue weighted by molar-refractivity contribution is -0.133. The van der Waals surface area contributed by atoms with Crippen molar-refractivity contribution in [2.45, 2.75) is 26.7 Å². The van der Waals surface area contributed by atoms with E-state index >= 15 is 0 Å². The van der Waals surface area contributed by atoms with Crippen LogP contribution in [0.3, 0.4) is 0 Å². The van der Waals surface area contributed by atoms with Gasteiger partial charge in [-0.1, -0.05) is 0 Å². The van der Waals surface area contributed by atoms with E-state index in [1.807, 2.05) is 27.9 Å². The van der Waals surface area contributed by atoms with Gasteiger partial charge in [-0.2, -0.15) is 0 Å². The van der Waals surface area contributed by atoms with Crippen molar-refractivity contribution >= 4 is 11.7 Å². The number of amides is 1. The van der Waals surface area contributed by atoms with E-state index in [1.54, 1.807) is 11.2 Å². The van der Waals surface area contributed by atoms with Crippen LogP contribution in [0.25, 0.3) is 0 Å². The molecule has 5 nitrogen and oxygen atoms in total. The van der Waals surface area contributed by atoms with Gasteiger partial charge < -0.3 is 9.80 Å². The van der Waals surface area contributed by atoms with Crippen LogP contribution in [0.2, 0.25) is 0 Å². The molecule has 19 heavy (non-hydrogen) atoms. The standard InChI is InChI=1S/C14H22N4O/c1-10-11(2)15-9-16-13(10)18-7-5-6-12(8-18)14(19)17(3)4/h9,12H,5-8H2,1-4H3. The molecule has 0 radical (unpaired) electrons. The highest BCUT2D eigenvalue weighted by Crippen LogP contribution is 2.25. The number of carbonyl (C=O) groups excluding carboxylic acids is 1. The third kappa shape index (κ3) is 2.85. The zero-order valence-electron chi connectivity index (χ0n) is 12.2. The van der Waals surface area contributed by atoms with E-state index in [9.17, 15) is 4.79 Å². The highest BCUT2D eigenvalue weighted by molar-refractivity contribution is 5.79. The monoisotopic (exact) mass is 262 g/mol. The van der Waals surface area contributed by atoms with Crippen molar-refractivity contribution in [2.24, 2.45) is 5.92 Å². The Labute approximate surface area is 114 Å². The number of aromatic nitrogens is 2. The van der Waals surface area contributed by atoms with Gasteiger partial charge in [0.25, 0.3) is 0 Å². The van der Waals surface area contributed by atoms with Crippen LogP contribution in [-0.2, 0) is 4.79 Å². The average Bonchev–Trinajstić information content (AvgIpc) is 2.41. The van der Waals surface area contributed by atoms with E-state index in [1.165, 1.54) is 0 Å². The summed E-state index contributed by atoms with van der Waals surface area (Å²) < 4.78 is 0. The molecule has 1 saturated heterocycles. The summed E-state index contributed by atoms with van der Waals surface area (Å²) in [5.41, 5.74) is 2.12. The maximum Gasteiger partial charge on any atom is 0.226 e. The molecule has 1 atom stereocenters. The number of piperidine rings is 1. The molecule has 2 rings (SSSR count). The molecule has 1 aliphatic rings. The van der Waals surface area contributed by atoms with Crippen molar-refractivity contribution in [2.75, 3.05) is 32.1 Å². The molecule has 0 aromatic carbocycles. The maximum absolute atomic E-state index is 12.1. The van der Waals surface area contributed by atoms with Crippen LogP contribution in [0, 0.1) is 19.8 Å². The summed E-state index contributed by atoms with van der Waals surface area (Å²) >= 11 is 0. The molecule has 0 N–H and O–H groups in total. The number of nitrogens with zero attached hydrogens (tertiary/aromatic N) is 4. The van der Waals surface area contributed by atoms with E-state index in [0.717, 1.165) is 43.0 Å². The van der Waals surface area contributed by atoms with Gasteiger partial charge in [-0.3, -0.25) is 4.79 Å². The topological polar surface area (TPSA) is 49.3 Å². The molecule has 1 fully saturated rings. The van der Waals surface area contributed by atoms with Crippen LogP contribution < -0.4 is 4.90 Å². The number of carbonyl (C=O) groups is 1. The van der Waals surface area contributed by atoms with E-state index in [4.69, 9.17) is 0 Å². The lowest BCUT2D eigenvalue weighted by atomic mass is 9.96. The van der Waals surface area contributed by atoms with Gasteiger partial charge >= 0.3 is 0 Å². The van der Waals surface area contributed by atoms with Crippen molar-refractivity contribution in [1.29, 1.82) is 0 Å². The summed E-state index contributed by atoms with van der Waals surface area (Å²) in [7, 11) is 3.64. The molecule has 0 saturated carbocycles. The Balaban J connectivity index is 2.17. The third-order valence-electron chi connectivity index (χ3n) is 3.82. The van der Waals surface area contributed by atoms with Gasteiger partial charge in [-0.15, -0.1) is 0 Å². The SMILES string of the molecule is Cc1ncnc(N2CCCC(C(=O)N(C)C)C2)c1C. The lowest BCUT2D eigenvalue weighted by Gasteiger charge is -2.34. The molecular weight excluding hydrogens is 240 g/mol. The fourth-order valence-corrected chi connectivity index (χ4v) is 2.58. The highest BCUT2D eigenvalue weighted by atomic mass is 16.2. The molecule has 1 aromatic heterocycles. The zero-order chi connectivity index (χ0) is 14.0. The Bertz CT molecular complexity index is 473. The van der Waals surface area contributed by atoms with Crippen LogP contribution in [0.1, 0.15) is 24.1 Å². The van der Waals surface area contributed by atoms with Gasteiger partial charge in [-0.05, 0) is 26.7 Å². The molecule has 2 heterocycles. The predicted molar refractivity (Wildman–Crippen MR) is 75.1 cm³/mol. The van der Waals surface area contributed by atoms with Crippen LogP contribution >= 0.6 is 0 Å². The Morgan fingerprint density at radius 1 is 1.37 bits per heavy atom. The summed E-state index contributed by atoms with van der Waals surface area (Å²) in [5.74, 6) is 1.27. The van der Waals surface area contributed by atoms with Gasteiger partial charge in [0.1, 0.15) is 12.1 Å². The fourth-order valence-electron chi connectivity index (χ4n) is 2.58. The van der Waals surface area contributed by atoms with Crippen molar-refractivity contribution in [3.63, 3.8) is 0 Å². The predicted octanol–water partition coefficient (Wildman–Crippen LogP) is 1.40. The minimum atomic E-state index is 0.0819. The summed E-state index contributed by atoms with van der Waals surface area (Å²) in [6, 6.07) is 0. The van der Waals surface area contributed by atoms with Crippen LogP contribution in [0.15, 0.2) is 6.33 Å². The number of hydrogen-bond donors (Lipinski definition) is 0. The van der Waals surface area contributed by atoms with E-state index in [2.05, 4.69) is 14.9 Å². The van der Waals surface area contributed by atoms with Gasteiger partial charge in [0, 0.05) is 38.4 Å². The number of rotatable bonds is 2. The molecule has 0 aliphatic carbocycles. The molecule has 1 aliphatic heterocycles. The normalized spacial score (nSPS) is 19.4. The Hall–Kier alpha value is -1.65. The largest absolute Gasteiger partial charge is 0.355 e. The summed E-state index contributed by atoms with van der Waals surface area (Å²) in [5, 5.41) is 0. The summed E-state index contributed by atoms with van der Waals surface area (Å²) in [6.45, 7) is 5.76. The Morgan fingerprint density at radius 2 is 2.11 bits per heavy atom. The molecule has 104 valence electrons. The number of aryl methyl sites for hydroxylation is 1. The van der Waals surface area contributed by atoms with Gasteiger partial charge in [0.2, 0.25) is 5.91 Å². The van der Waals surface area contributed by atoms with E-state index in [0.29, 0.717) is 0 Å².